The minimum Gasteiger partial charge on any atom is -0.388 e. The van der Waals surface area contributed by atoms with Gasteiger partial charge in [-0.25, -0.2) is 4.98 Å². The molecule has 0 atom stereocenters. The number of pyridine rings is 1. The monoisotopic (exact) mass is 425 g/mol. The summed E-state index contributed by atoms with van der Waals surface area (Å²) in [5.74, 6) is 0. The van der Waals surface area contributed by atoms with Crippen LogP contribution in [-0.2, 0) is 0 Å². The predicted molar refractivity (Wildman–Crippen MR) is 136 cm³/mol. The Morgan fingerprint density at radius 3 is 2.34 bits per heavy atom. The third kappa shape index (κ3) is 3.73. The van der Waals surface area contributed by atoms with Gasteiger partial charge in [0, 0.05) is 61.7 Å². The van der Waals surface area contributed by atoms with E-state index in [-0.39, 0.29) is 0 Å². The van der Waals surface area contributed by atoms with Crippen molar-refractivity contribution in [3.63, 3.8) is 0 Å². The van der Waals surface area contributed by atoms with Crippen molar-refractivity contribution >= 4 is 22.4 Å². The Morgan fingerprint density at radius 1 is 0.906 bits per heavy atom. The number of hydrogen-bond acceptors (Lipinski definition) is 4. The Labute approximate surface area is 190 Å². The van der Waals surface area contributed by atoms with Crippen LogP contribution in [0.5, 0.6) is 0 Å². The van der Waals surface area contributed by atoms with Gasteiger partial charge in [0.25, 0.3) is 0 Å². The number of nitrogens with zero attached hydrogens (tertiary/aromatic N) is 3. The van der Waals surface area contributed by atoms with Crippen molar-refractivity contribution in [3.8, 4) is 22.4 Å². The standard InChI is InChI=1S/C27H31N5/c1-18-15-23-25(21-6-5-19(2)24(16-21)28-3)26(30-27(23)29-17-18)20-7-9-22(10-8-20)32-13-11-31(4)12-14-32/h5-10,15-17,28H,11-14H2,1-4H3,(H,29,30). The molecule has 1 aliphatic rings. The van der Waals surface area contributed by atoms with Gasteiger partial charge in [-0.15, -0.1) is 0 Å². The van der Waals surface area contributed by atoms with Crippen LogP contribution in [-0.4, -0.2) is 55.1 Å². The third-order valence-corrected chi connectivity index (χ3v) is 6.61. The van der Waals surface area contributed by atoms with E-state index >= 15 is 0 Å². The van der Waals surface area contributed by atoms with Crippen molar-refractivity contribution in [3.05, 3.63) is 65.9 Å². The number of benzene rings is 2. The Balaban J connectivity index is 1.60. The molecule has 0 aliphatic carbocycles. The van der Waals surface area contributed by atoms with E-state index < -0.39 is 0 Å². The lowest BCUT2D eigenvalue weighted by Crippen LogP contribution is -2.44. The number of aromatic amines is 1. The first kappa shape index (κ1) is 20.6. The molecule has 5 rings (SSSR count). The lowest BCUT2D eigenvalue weighted by atomic mass is 9.96. The van der Waals surface area contributed by atoms with Gasteiger partial charge in [0.05, 0.1) is 5.69 Å². The highest BCUT2D eigenvalue weighted by Gasteiger charge is 2.18. The summed E-state index contributed by atoms with van der Waals surface area (Å²) in [5.41, 5.74) is 10.5. The lowest BCUT2D eigenvalue weighted by Gasteiger charge is -2.34. The van der Waals surface area contributed by atoms with E-state index in [4.69, 9.17) is 0 Å². The summed E-state index contributed by atoms with van der Waals surface area (Å²) < 4.78 is 0. The molecule has 1 saturated heterocycles. The topological polar surface area (TPSA) is 47.2 Å². The van der Waals surface area contributed by atoms with Gasteiger partial charge >= 0.3 is 0 Å². The van der Waals surface area contributed by atoms with Gasteiger partial charge in [-0.2, -0.15) is 0 Å². The summed E-state index contributed by atoms with van der Waals surface area (Å²) in [7, 11) is 4.17. The van der Waals surface area contributed by atoms with Crippen molar-refractivity contribution in [2.45, 2.75) is 13.8 Å². The minimum atomic E-state index is 0.926. The number of piperazine rings is 1. The molecule has 1 fully saturated rings. The Hall–Kier alpha value is -3.31. The number of likely N-dealkylation sites (N-methyl/N-ethyl adjacent to an activating group) is 1. The molecule has 32 heavy (non-hydrogen) atoms. The Kier molecular flexibility index (Phi) is 5.35. The number of fused-ring (bicyclic) bond motifs is 1. The first-order valence-corrected chi connectivity index (χ1v) is 11.3. The number of anilines is 2. The summed E-state index contributed by atoms with van der Waals surface area (Å²) in [6.45, 7) is 8.61. The van der Waals surface area contributed by atoms with Gasteiger partial charge in [0.15, 0.2) is 0 Å². The number of rotatable bonds is 4. The first-order valence-electron chi connectivity index (χ1n) is 11.3. The van der Waals surface area contributed by atoms with Crippen LogP contribution in [0, 0.1) is 13.8 Å². The molecule has 0 radical (unpaired) electrons. The molecule has 1 aliphatic heterocycles. The van der Waals surface area contributed by atoms with E-state index in [0.717, 1.165) is 54.2 Å². The Morgan fingerprint density at radius 2 is 1.62 bits per heavy atom. The van der Waals surface area contributed by atoms with Crippen LogP contribution < -0.4 is 10.2 Å². The number of hydrogen-bond donors (Lipinski definition) is 2. The van der Waals surface area contributed by atoms with Gasteiger partial charge in [-0.3, -0.25) is 0 Å². The zero-order valence-electron chi connectivity index (χ0n) is 19.4. The van der Waals surface area contributed by atoms with Crippen LogP contribution in [0.2, 0.25) is 0 Å². The van der Waals surface area contributed by atoms with Crippen molar-refractivity contribution in [2.75, 3.05) is 50.5 Å². The molecule has 4 aromatic rings. The maximum atomic E-state index is 4.69. The van der Waals surface area contributed by atoms with Crippen molar-refractivity contribution < 1.29 is 0 Å². The van der Waals surface area contributed by atoms with E-state index in [1.807, 2.05) is 13.2 Å². The molecule has 5 heteroatoms. The lowest BCUT2D eigenvalue weighted by molar-refractivity contribution is 0.313. The van der Waals surface area contributed by atoms with E-state index in [0.29, 0.717) is 0 Å². The zero-order valence-corrected chi connectivity index (χ0v) is 19.4. The number of H-pyrrole nitrogens is 1. The molecule has 2 aromatic carbocycles. The fraction of sp³-hybridized carbons (Fsp3) is 0.296. The second-order valence-electron chi connectivity index (χ2n) is 8.90. The van der Waals surface area contributed by atoms with Crippen LogP contribution in [0.3, 0.4) is 0 Å². The molecule has 0 unspecified atom stereocenters. The molecule has 0 bridgehead atoms. The van der Waals surface area contributed by atoms with Crippen molar-refractivity contribution in [2.24, 2.45) is 0 Å². The van der Waals surface area contributed by atoms with Gasteiger partial charge < -0.3 is 20.1 Å². The smallest absolute Gasteiger partial charge is 0.138 e. The van der Waals surface area contributed by atoms with Gasteiger partial charge in [0.1, 0.15) is 5.65 Å². The zero-order chi connectivity index (χ0) is 22.2. The van der Waals surface area contributed by atoms with Crippen LogP contribution in [0.15, 0.2) is 54.7 Å². The van der Waals surface area contributed by atoms with Crippen LogP contribution in [0.4, 0.5) is 11.4 Å². The first-order chi connectivity index (χ1) is 15.5. The molecule has 5 nitrogen and oxygen atoms in total. The highest BCUT2D eigenvalue weighted by Crippen LogP contribution is 2.39. The fourth-order valence-corrected chi connectivity index (χ4v) is 4.64. The average molecular weight is 426 g/mol. The highest BCUT2D eigenvalue weighted by atomic mass is 15.2. The third-order valence-electron chi connectivity index (χ3n) is 6.61. The fourth-order valence-electron chi connectivity index (χ4n) is 4.64. The Bertz CT molecular complexity index is 1250. The maximum Gasteiger partial charge on any atom is 0.138 e. The molecule has 0 amide bonds. The van der Waals surface area contributed by atoms with Crippen LogP contribution >= 0.6 is 0 Å². The quantitative estimate of drug-likeness (QED) is 0.465. The van der Waals surface area contributed by atoms with E-state index in [1.54, 1.807) is 0 Å². The van der Waals surface area contributed by atoms with Crippen LogP contribution in [0.1, 0.15) is 11.1 Å². The highest BCUT2D eigenvalue weighted by molar-refractivity contribution is 6.03. The number of aryl methyl sites for hydroxylation is 2. The number of aromatic nitrogens is 2. The summed E-state index contributed by atoms with van der Waals surface area (Å²) in [6, 6.07) is 17.8. The maximum absolute atomic E-state index is 4.69. The van der Waals surface area contributed by atoms with Gasteiger partial charge in [-0.05, 0) is 67.4 Å². The molecule has 2 aromatic heterocycles. The molecular weight excluding hydrogens is 394 g/mol. The second-order valence-corrected chi connectivity index (χ2v) is 8.90. The molecule has 164 valence electrons. The summed E-state index contributed by atoms with van der Waals surface area (Å²) in [5, 5.41) is 4.49. The second kappa shape index (κ2) is 8.32. The average Bonchev–Trinajstić information content (AvgIpc) is 3.18. The summed E-state index contributed by atoms with van der Waals surface area (Å²) in [4.78, 5) is 13.2. The minimum absolute atomic E-state index is 0.926. The number of nitrogens with one attached hydrogen (secondary N) is 2. The largest absolute Gasteiger partial charge is 0.388 e. The predicted octanol–water partition coefficient (Wildman–Crippen LogP) is 5.31. The molecule has 0 saturated carbocycles. The summed E-state index contributed by atoms with van der Waals surface area (Å²) >= 11 is 0. The van der Waals surface area contributed by atoms with Crippen molar-refractivity contribution in [1.82, 2.24) is 14.9 Å². The van der Waals surface area contributed by atoms with Crippen LogP contribution in [0.25, 0.3) is 33.4 Å². The summed E-state index contributed by atoms with van der Waals surface area (Å²) in [6.07, 6.45) is 1.93. The van der Waals surface area contributed by atoms with E-state index in [9.17, 15) is 0 Å². The molecule has 0 spiro atoms. The normalized spacial score (nSPS) is 14.8. The van der Waals surface area contributed by atoms with E-state index in [2.05, 4.69) is 94.5 Å². The van der Waals surface area contributed by atoms with Gasteiger partial charge in [-0.1, -0.05) is 24.3 Å². The molecule has 3 heterocycles. The van der Waals surface area contributed by atoms with Gasteiger partial charge in [0.2, 0.25) is 0 Å². The molecular formula is C27H31N5. The molecule has 2 N–H and O–H groups in total. The van der Waals surface area contributed by atoms with Crippen molar-refractivity contribution in [1.29, 1.82) is 0 Å². The SMILES string of the molecule is CNc1cc(-c2c(-c3ccc(N4CCN(C)CC4)cc3)[nH]c3ncc(C)cc23)ccc1C. The van der Waals surface area contributed by atoms with E-state index in [1.165, 1.54) is 27.9 Å².